The maximum atomic E-state index is 5.38. The summed E-state index contributed by atoms with van der Waals surface area (Å²) in [6.45, 7) is 2.40. The summed E-state index contributed by atoms with van der Waals surface area (Å²) < 4.78 is 12.6. The van der Waals surface area contributed by atoms with E-state index in [0.717, 1.165) is 48.5 Å². The molecule has 0 bridgehead atoms. The second-order valence-electron chi connectivity index (χ2n) is 6.43. The van der Waals surface area contributed by atoms with E-state index in [1.165, 1.54) is 0 Å². The predicted octanol–water partition coefficient (Wildman–Crippen LogP) is 1.39. The number of halogens is 1. The fourth-order valence-corrected chi connectivity index (χ4v) is 3.11. The fraction of sp³-hybridized carbons (Fsp3) is 0.500. The number of aromatic nitrogens is 3. The zero-order chi connectivity index (χ0) is 19.2. The number of nitrogens with one attached hydrogen (secondary N) is 2. The second kappa shape index (κ2) is 10.3. The van der Waals surface area contributed by atoms with Gasteiger partial charge in [-0.25, -0.2) is 0 Å². The third kappa shape index (κ3) is 5.40. The predicted molar refractivity (Wildman–Crippen MR) is 120 cm³/mol. The van der Waals surface area contributed by atoms with Crippen molar-refractivity contribution in [3.63, 3.8) is 0 Å². The summed E-state index contributed by atoms with van der Waals surface area (Å²) in [5.74, 6) is 3.20. The van der Waals surface area contributed by atoms with E-state index in [1.54, 1.807) is 27.6 Å². The Hall–Kier alpha value is -2.24. The van der Waals surface area contributed by atoms with Gasteiger partial charge in [-0.05, 0) is 6.42 Å². The molecule has 3 rings (SSSR count). The van der Waals surface area contributed by atoms with Crippen molar-refractivity contribution in [2.24, 2.45) is 12.0 Å². The Balaban J connectivity index is 0.00000280. The van der Waals surface area contributed by atoms with Crippen molar-refractivity contribution in [2.45, 2.75) is 19.0 Å². The van der Waals surface area contributed by atoms with Crippen molar-refractivity contribution >= 4 is 35.6 Å². The highest BCUT2D eigenvalue weighted by atomic mass is 127. The van der Waals surface area contributed by atoms with E-state index in [0.29, 0.717) is 12.6 Å². The normalized spacial score (nSPS) is 16.5. The molecule has 154 valence electrons. The summed E-state index contributed by atoms with van der Waals surface area (Å²) in [5.41, 5.74) is 1.09. The number of rotatable bonds is 6. The first-order chi connectivity index (χ1) is 13.1. The average molecular weight is 501 g/mol. The Morgan fingerprint density at radius 3 is 2.54 bits per heavy atom. The van der Waals surface area contributed by atoms with Gasteiger partial charge in [-0.1, -0.05) is 0 Å². The maximum absolute atomic E-state index is 5.38. The van der Waals surface area contributed by atoms with Crippen LogP contribution in [0, 0.1) is 0 Å². The highest BCUT2D eigenvalue weighted by Crippen LogP contribution is 2.30. The first kappa shape index (κ1) is 22.1. The zero-order valence-electron chi connectivity index (χ0n) is 16.7. The van der Waals surface area contributed by atoms with Crippen LogP contribution in [0.3, 0.4) is 0 Å². The van der Waals surface area contributed by atoms with E-state index >= 15 is 0 Å². The van der Waals surface area contributed by atoms with E-state index in [2.05, 4.69) is 30.7 Å². The average Bonchev–Trinajstić information content (AvgIpc) is 3.33. The summed E-state index contributed by atoms with van der Waals surface area (Å²) in [5, 5.41) is 14.7. The van der Waals surface area contributed by atoms with Crippen LogP contribution in [-0.2, 0) is 13.6 Å². The number of guanidine groups is 1. The molecular formula is C18H28IN7O2. The van der Waals surface area contributed by atoms with Crippen LogP contribution in [0.1, 0.15) is 12.2 Å². The molecule has 2 aromatic rings. The van der Waals surface area contributed by atoms with Gasteiger partial charge in [-0.3, -0.25) is 4.99 Å². The van der Waals surface area contributed by atoms with Crippen LogP contribution in [0.5, 0.6) is 11.5 Å². The van der Waals surface area contributed by atoms with E-state index in [9.17, 15) is 0 Å². The molecule has 0 spiro atoms. The van der Waals surface area contributed by atoms with Crippen LogP contribution < -0.4 is 25.0 Å². The molecule has 2 heterocycles. The molecule has 1 unspecified atom stereocenters. The minimum atomic E-state index is 0. The summed E-state index contributed by atoms with van der Waals surface area (Å²) in [7, 11) is 7.02. The summed E-state index contributed by atoms with van der Waals surface area (Å²) >= 11 is 0. The Labute approximate surface area is 182 Å². The van der Waals surface area contributed by atoms with Gasteiger partial charge in [-0.15, -0.1) is 34.2 Å². The van der Waals surface area contributed by atoms with Crippen molar-refractivity contribution in [1.82, 2.24) is 25.4 Å². The molecule has 1 aromatic carbocycles. The number of aryl methyl sites for hydroxylation is 1. The molecule has 10 heteroatoms. The van der Waals surface area contributed by atoms with Gasteiger partial charge in [0.1, 0.15) is 17.8 Å². The molecule has 1 saturated heterocycles. The van der Waals surface area contributed by atoms with Crippen LogP contribution in [0.4, 0.5) is 5.69 Å². The molecule has 0 saturated carbocycles. The Morgan fingerprint density at radius 2 is 1.96 bits per heavy atom. The van der Waals surface area contributed by atoms with Gasteiger partial charge in [0, 0.05) is 57.1 Å². The molecule has 0 radical (unpaired) electrons. The lowest BCUT2D eigenvalue weighted by atomic mass is 10.2. The van der Waals surface area contributed by atoms with Gasteiger partial charge in [0.2, 0.25) is 0 Å². The molecule has 1 atom stereocenters. The minimum Gasteiger partial charge on any atom is -0.497 e. The molecule has 2 N–H and O–H groups in total. The van der Waals surface area contributed by atoms with Crippen molar-refractivity contribution in [3.8, 4) is 11.5 Å². The maximum Gasteiger partial charge on any atom is 0.191 e. The van der Waals surface area contributed by atoms with Crippen LogP contribution in [-0.4, -0.2) is 61.1 Å². The molecule has 1 aliphatic heterocycles. The quantitative estimate of drug-likeness (QED) is 0.352. The van der Waals surface area contributed by atoms with Crippen molar-refractivity contribution < 1.29 is 9.47 Å². The minimum absolute atomic E-state index is 0. The summed E-state index contributed by atoms with van der Waals surface area (Å²) in [4.78, 5) is 6.63. The number of methoxy groups -OCH3 is 2. The first-order valence-corrected chi connectivity index (χ1v) is 8.91. The van der Waals surface area contributed by atoms with E-state index < -0.39 is 0 Å². The smallest absolute Gasteiger partial charge is 0.191 e. The molecule has 1 aromatic heterocycles. The molecule has 1 fully saturated rings. The Kier molecular flexibility index (Phi) is 8.15. The SMILES string of the molecule is CN=C(NCc1nncn1C)NC1CCN(c2cc(OC)cc(OC)c2)C1.I. The van der Waals surface area contributed by atoms with Crippen LogP contribution in [0.25, 0.3) is 0 Å². The number of ether oxygens (including phenoxy) is 2. The summed E-state index contributed by atoms with van der Waals surface area (Å²) in [6, 6.07) is 6.25. The monoisotopic (exact) mass is 501 g/mol. The molecule has 0 aliphatic carbocycles. The third-order valence-corrected chi connectivity index (χ3v) is 4.67. The Morgan fingerprint density at radius 1 is 1.25 bits per heavy atom. The lowest BCUT2D eigenvalue weighted by molar-refractivity contribution is 0.394. The molecular weight excluding hydrogens is 473 g/mol. The molecule has 0 amide bonds. The molecule has 9 nitrogen and oxygen atoms in total. The Bertz CT molecular complexity index is 774. The topological polar surface area (TPSA) is 88.8 Å². The zero-order valence-corrected chi connectivity index (χ0v) is 19.0. The lowest BCUT2D eigenvalue weighted by Gasteiger charge is -2.21. The van der Waals surface area contributed by atoms with Gasteiger partial charge in [0.05, 0.1) is 20.8 Å². The number of hydrogen-bond donors (Lipinski definition) is 2. The standard InChI is InChI=1S/C18H27N7O2.HI/c1-19-18(20-10-17-23-21-12-24(17)2)22-13-5-6-25(11-13)14-7-15(26-3)9-16(8-14)27-4;/h7-9,12-13H,5-6,10-11H2,1-4H3,(H2,19,20,22);1H. The van der Waals surface area contributed by atoms with Crippen LogP contribution in [0.15, 0.2) is 29.5 Å². The summed E-state index contributed by atoms with van der Waals surface area (Å²) in [6.07, 6.45) is 2.70. The van der Waals surface area contributed by atoms with Crippen molar-refractivity contribution in [3.05, 3.63) is 30.4 Å². The highest BCUT2D eigenvalue weighted by Gasteiger charge is 2.24. The molecule has 1 aliphatic rings. The highest BCUT2D eigenvalue weighted by molar-refractivity contribution is 14.0. The number of benzene rings is 1. The van der Waals surface area contributed by atoms with Crippen LogP contribution in [0.2, 0.25) is 0 Å². The third-order valence-electron chi connectivity index (χ3n) is 4.67. The number of aliphatic imine (C=N–C) groups is 1. The number of nitrogens with zero attached hydrogens (tertiary/aromatic N) is 5. The second-order valence-corrected chi connectivity index (χ2v) is 6.43. The van der Waals surface area contributed by atoms with Gasteiger partial charge in [0.25, 0.3) is 0 Å². The van der Waals surface area contributed by atoms with Crippen molar-refractivity contribution in [1.29, 1.82) is 0 Å². The van der Waals surface area contributed by atoms with Gasteiger partial charge in [0.15, 0.2) is 11.8 Å². The van der Waals surface area contributed by atoms with Gasteiger partial charge < -0.3 is 29.6 Å². The van der Waals surface area contributed by atoms with Crippen LogP contribution >= 0.6 is 24.0 Å². The first-order valence-electron chi connectivity index (χ1n) is 8.91. The number of anilines is 1. The van der Waals surface area contributed by atoms with Crippen molar-refractivity contribution in [2.75, 3.05) is 39.3 Å². The number of hydrogen-bond acceptors (Lipinski definition) is 6. The van der Waals surface area contributed by atoms with Gasteiger partial charge in [-0.2, -0.15) is 0 Å². The fourth-order valence-electron chi connectivity index (χ4n) is 3.11. The van der Waals surface area contributed by atoms with Gasteiger partial charge >= 0.3 is 0 Å². The molecule has 28 heavy (non-hydrogen) atoms. The van der Waals surface area contributed by atoms with E-state index in [-0.39, 0.29) is 24.0 Å². The van der Waals surface area contributed by atoms with E-state index in [4.69, 9.17) is 9.47 Å². The van der Waals surface area contributed by atoms with E-state index in [1.807, 2.05) is 29.8 Å². The largest absolute Gasteiger partial charge is 0.497 e. The lowest BCUT2D eigenvalue weighted by Crippen LogP contribution is -2.44.